The minimum Gasteiger partial charge on any atom is -0.435 e. The molecule has 30 heavy (non-hydrogen) atoms. The molecule has 3 rings (SSSR count). The Labute approximate surface area is 170 Å². The number of nitrogens with one attached hydrogen (secondary N) is 2. The number of urea groups is 1. The van der Waals surface area contributed by atoms with Crippen LogP contribution in [0.25, 0.3) is 10.2 Å². The molecule has 2 amide bonds. The zero-order valence-electron chi connectivity index (χ0n) is 15.2. The van der Waals surface area contributed by atoms with Crippen molar-refractivity contribution in [1.82, 2.24) is 14.9 Å². The average molecular weight is 446 g/mol. The number of fused-ring (bicyclic) bond motifs is 1. The number of hydrogen-bond donors (Lipinski definition) is 2. The van der Waals surface area contributed by atoms with E-state index in [1.165, 1.54) is 18.4 Å². The van der Waals surface area contributed by atoms with Crippen LogP contribution in [0.15, 0.2) is 34.4 Å². The number of ether oxygens (including phenoxy) is 2. The lowest BCUT2D eigenvalue weighted by Gasteiger charge is -2.19. The second-order valence-electron chi connectivity index (χ2n) is 5.85. The molecule has 0 aliphatic rings. The summed E-state index contributed by atoms with van der Waals surface area (Å²) in [4.78, 5) is 32.4. The Morgan fingerprint density at radius 1 is 1.23 bits per heavy atom. The summed E-state index contributed by atoms with van der Waals surface area (Å²) in [5.74, 6) is -0.762. The molecule has 2 heterocycles. The highest BCUT2D eigenvalue weighted by molar-refractivity contribution is 7.17. The fourth-order valence-corrected chi connectivity index (χ4v) is 3.20. The number of aromatic nitrogens is 2. The summed E-state index contributed by atoms with van der Waals surface area (Å²) in [6.07, 6.45) is 0. The van der Waals surface area contributed by atoms with Crippen molar-refractivity contribution in [3.63, 3.8) is 0 Å². The van der Waals surface area contributed by atoms with Gasteiger partial charge in [-0.05, 0) is 23.6 Å². The maximum Gasteiger partial charge on any atom is 0.387 e. The van der Waals surface area contributed by atoms with E-state index in [-0.39, 0.29) is 23.6 Å². The summed E-state index contributed by atoms with van der Waals surface area (Å²) in [6.45, 7) is -6.51. The lowest BCUT2D eigenvalue weighted by atomic mass is 10.2. The Morgan fingerprint density at radius 2 is 1.97 bits per heavy atom. The first-order chi connectivity index (χ1) is 14.2. The highest BCUT2D eigenvalue weighted by atomic mass is 32.1. The number of thiophene rings is 1. The first-order valence-electron chi connectivity index (χ1n) is 8.25. The van der Waals surface area contributed by atoms with Crippen molar-refractivity contribution < 1.29 is 31.8 Å². The summed E-state index contributed by atoms with van der Waals surface area (Å²) in [5, 5.41) is 4.04. The fraction of sp³-hybridized carbons (Fsp3) is 0.235. The molecule has 2 aromatic heterocycles. The number of carbonyl (C=O) groups is 1. The Morgan fingerprint density at radius 3 is 2.67 bits per heavy atom. The van der Waals surface area contributed by atoms with Gasteiger partial charge in [0.25, 0.3) is 5.56 Å². The van der Waals surface area contributed by atoms with Gasteiger partial charge in [0.05, 0.1) is 17.7 Å². The lowest BCUT2D eigenvalue weighted by molar-refractivity contribution is -0.0539. The molecule has 160 valence electrons. The molecule has 0 fully saturated rings. The second kappa shape index (κ2) is 8.98. The molecule has 0 radical (unpaired) electrons. The molecular formula is C17H14F4N4O4S. The Kier molecular flexibility index (Phi) is 6.40. The van der Waals surface area contributed by atoms with Gasteiger partial charge in [-0.1, -0.05) is 0 Å². The van der Waals surface area contributed by atoms with Crippen LogP contribution in [0, 0.1) is 0 Å². The number of hydrogen-bond acceptors (Lipinski definition) is 6. The Bertz CT molecular complexity index is 1100. The summed E-state index contributed by atoms with van der Waals surface area (Å²) in [5.41, 5.74) is -0.0562. The Hall–Kier alpha value is -3.35. The summed E-state index contributed by atoms with van der Waals surface area (Å²) < 4.78 is 58.8. The third-order valence-corrected chi connectivity index (χ3v) is 4.64. The van der Waals surface area contributed by atoms with Gasteiger partial charge in [-0.3, -0.25) is 4.79 Å². The number of nitrogens with zero attached hydrogens (tertiary/aromatic N) is 2. The van der Waals surface area contributed by atoms with Crippen LogP contribution in [-0.2, 0) is 6.54 Å². The molecule has 0 atom stereocenters. The van der Waals surface area contributed by atoms with Gasteiger partial charge in [0.15, 0.2) is 5.75 Å². The molecule has 3 aromatic rings. The number of aromatic amines is 1. The number of H-pyrrole nitrogens is 1. The van der Waals surface area contributed by atoms with Gasteiger partial charge in [0, 0.05) is 13.1 Å². The van der Waals surface area contributed by atoms with Crippen LogP contribution in [0.3, 0.4) is 0 Å². The molecule has 0 bridgehead atoms. The molecule has 2 N–H and O–H groups in total. The van der Waals surface area contributed by atoms with Crippen molar-refractivity contribution in [1.29, 1.82) is 0 Å². The minimum atomic E-state index is -3.26. The zero-order valence-corrected chi connectivity index (χ0v) is 16.0. The van der Waals surface area contributed by atoms with E-state index in [9.17, 15) is 27.2 Å². The van der Waals surface area contributed by atoms with Crippen molar-refractivity contribution in [3.8, 4) is 11.5 Å². The number of anilines is 1. The number of benzene rings is 1. The summed E-state index contributed by atoms with van der Waals surface area (Å²) >= 11 is 1.23. The largest absolute Gasteiger partial charge is 0.435 e. The first kappa shape index (κ1) is 21.4. The van der Waals surface area contributed by atoms with E-state index in [0.717, 1.165) is 23.1 Å². The molecule has 0 unspecified atom stereocenters. The van der Waals surface area contributed by atoms with Gasteiger partial charge in [0.2, 0.25) is 0 Å². The predicted molar refractivity (Wildman–Crippen MR) is 100 cm³/mol. The van der Waals surface area contributed by atoms with E-state index in [1.807, 2.05) is 0 Å². The fourth-order valence-electron chi connectivity index (χ4n) is 2.48. The Balaban J connectivity index is 1.75. The van der Waals surface area contributed by atoms with Crippen LogP contribution in [-0.4, -0.2) is 41.2 Å². The van der Waals surface area contributed by atoms with Crippen LogP contribution in [0.2, 0.25) is 0 Å². The van der Waals surface area contributed by atoms with E-state index in [0.29, 0.717) is 10.2 Å². The van der Waals surface area contributed by atoms with Gasteiger partial charge in [0.1, 0.15) is 16.3 Å². The number of carbonyl (C=O) groups excluding carboxylic acids is 1. The number of rotatable bonds is 7. The maximum absolute atomic E-state index is 12.6. The molecule has 1 aromatic carbocycles. The van der Waals surface area contributed by atoms with Crippen molar-refractivity contribution >= 4 is 33.3 Å². The van der Waals surface area contributed by atoms with E-state index >= 15 is 0 Å². The number of halogens is 4. The molecule has 8 nitrogen and oxygen atoms in total. The van der Waals surface area contributed by atoms with Gasteiger partial charge < -0.3 is 24.7 Å². The second-order valence-corrected chi connectivity index (χ2v) is 6.76. The normalized spacial score (nSPS) is 11.2. The molecule has 0 saturated heterocycles. The van der Waals surface area contributed by atoms with Crippen LogP contribution in [0.5, 0.6) is 11.5 Å². The lowest BCUT2D eigenvalue weighted by Crippen LogP contribution is -2.32. The quantitative estimate of drug-likeness (QED) is 0.538. The van der Waals surface area contributed by atoms with Gasteiger partial charge in [-0.15, -0.1) is 11.3 Å². The van der Waals surface area contributed by atoms with E-state index in [4.69, 9.17) is 0 Å². The van der Waals surface area contributed by atoms with E-state index in [1.54, 1.807) is 11.4 Å². The molecule has 13 heteroatoms. The van der Waals surface area contributed by atoms with Crippen LogP contribution >= 0.6 is 11.3 Å². The highest BCUT2D eigenvalue weighted by Gasteiger charge is 2.18. The topological polar surface area (TPSA) is 96.6 Å². The van der Waals surface area contributed by atoms with Gasteiger partial charge in [-0.2, -0.15) is 17.6 Å². The molecule has 0 aliphatic carbocycles. The van der Waals surface area contributed by atoms with Crippen molar-refractivity contribution in [3.05, 3.63) is 45.8 Å². The number of alkyl halides is 4. The van der Waals surface area contributed by atoms with Crippen LogP contribution in [0.1, 0.15) is 5.82 Å². The maximum atomic E-state index is 12.6. The third kappa shape index (κ3) is 5.17. The van der Waals surface area contributed by atoms with Crippen molar-refractivity contribution in [2.24, 2.45) is 0 Å². The first-order valence-corrected chi connectivity index (χ1v) is 9.13. The average Bonchev–Trinajstić information content (AvgIpc) is 3.12. The number of amides is 2. The SMILES string of the molecule is CN(Cc1nc2ccsc2c(=O)[nH]1)C(=O)Nc1ccc(OC(F)F)cc1OC(F)F. The summed E-state index contributed by atoms with van der Waals surface area (Å²) in [6, 6.07) is 3.86. The van der Waals surface area contributed by atoms with Crippen molar-refractivity contribution in [2.75, 3.05) is 12.4 Å². The smallest absolute Gasteiger partial charge is 0.387 e. The molecule has 0 spiro atoms. The highest BCUT2D eigenvalue weighted by Crippen LogP contribution is 2.31. The standard InChI is InChI=1S/C17H14F4N4O4S/c1-25(7-12-22-10-4-5-30-13(10)14(26)24-12)17(27)23-9-3-2-8(28-15(18)19)6-11(9)29-16(20)21/h2-6,15-16H,7H2,1H3,(H,23,27)(H,22,24,26). The van der Waals surface area contributed by atoms with E-state index < -0.39 is 30.8 Å². The van der Waals surface area contributed by atoms with E-state index in [2.05, 4.69) is 24.8 Å². The third-order valence-electron chi connectivity index (χ3n) is 3.73. The van der Waals surface area contributed by atoms with Crippen LogP contribution < -0.4 is 20.3 Å². The minimum absolute atomic E-state index is 0.0928. The molecule has 0 aliphatic heterocycles. The molecule has 0 saturated carbocycles. The zero-order chi connectivity index (χ0) is 21.8. The molecular weight excluding hydrogens is 432 g/mol. The summed E-state index contributed by atoms with van der Waals surface area (Å²) in [7, 11) is 1.38. The van der Waals surface area contributed by atoms with Crippen molar-refractivity contribution in [2.45, 2.75) is 19.8 Å². The van der Waals surface area contributed by atoms with Gasteiger partial charge >= 0.3 is 19.3 Å². The predicted octanol–water partition coefficient (Wildman–Crippen LogP) is 3.85. The van der Waals surface area contributed by atoms with Gasteiger partial charge in [-0.25, -0.2) is 9.78 Å². The van der Waals surface area contributed by atoms with Crippen LogP contribution in [0.4, 0.5) is 28.0 Å². The monoisotopic (exact) mass is 446 g/mol.